The van der Waals surface area contributed by atoms with Gasteiger partial charge in [0, 0.05) is 17.1 Å². The average Bonchev–Trinajstić information content (AvgIpc) is 2.54. The zero-order valence-corrected chi connectivity index (χ0v) is 14.6. The van der Waals surface area contributed by atoms with Gasteiger partial charge in [0.1, 0.15) is 11.4 Å². The van der Waals surface area contributed by atoms with E-state index in [2.05, 4.69) is 20.9 Å². The fourth-order valence-corrected chi connectivity index (χ4v) is 3.71. The first-order chi connectivity index (χ1) is 10.9. The first kappa shape index (κ1) is 16.4. The van der Waals surface area contributed by atoms with Gasteiger partial charge in [0.15, 0.2) is 5.96 Å². The number of nitrogens with zero attached hydrogens (tertiary/aromatic N) is 2. The van der Waals surface area contributed by atoms with Crippen LogP contribution in [-0.2, 0) is 15.1 Å². The number of carbonyl (C=O) groups is 1. The second-order valence-electron chi connectivity index (χ2n) is 6.05. The van der Waals surface area contributed by atoms with Crippen molar-refractivity contribution in [3.8, 4) is 0 Å². The molecule has 1 fully saturated rings. The third-order valence-electron chi connectivity index (χ3n) is 4.75. The van der Waals surface area contributed by atoms with Crippen LogP contribution in [0.5, 0.6) is 0 Å². The minimum absolute atomic E-state index is 0.0322. The van der Waals surface area contributed by atoms with Gasteiger partial charge in [0.2, 0.25) is 5.91 Å². The highest BCUT2D eigenvalue weighted by molar-refractivity contribution is 9.10. The number of rotatable bonds is 2. The maximum Gasteiger partial charge on any atom is 0.235 e. The van der Waals surface area contributed by atoms with Crippen molar-refractivity contribution in [1.29, 1.82) is 0 Å². The average molecular weight is 384 g/mol. The molecule has 2 aliphatic rings. The molecule has 23 heavy (non-hydrogen) atoms. The Hall–Kier alpha value is -1.47. The van der Waals surface area contributed by atoms with E-state index < -0.39 is 17.3 Å². The summed E-state index contributed by atoms with van der Waals surface area (Å²) in [6, 6.07) is 4.64. The van der Waals surface area contributed by atoms with Crippen molar-refractivity contribution in [2.45, 2.75) is 31.4 Å². The summed E-state index contributed by atoms with van der Waals surface area (Å²) in [6.45, 7) is 2.15. The van der Waals surface area contributed by atoms with Gasteiger partial charge >= 0.3 is 0 Å². The van der Waals surface area contributed by atoms with Gasteiger partial charge < -0.3 is 10.5 Å². The molecule has 0 bridgehead atoms. The van der Waals surface area contributed by atoms with Crippen molar-refractivity contribution in [2.24, 2.45) is 16.6 Å². The fourth-order valence-electron chi connectivity index (χ4n) is 3.35. The standard InChI is InChI=1S/C16H19BrFN3O2/c1-3-10-7-12-14(22)21(2)15(19)20-16(12,8-23-10)11-6-9(17)4-5-13(11)18/h4-6,10,12H,3,7-8H2,1-2H3,(H2,19,20)/t10-,12-,16+/m0/s1. The van der Waals surface area contributed by atoms with Crippen LogP contribution in [0, 0.1) is 11.7 Å². The highest BCUT2D eigenvalue weighted by Gasteiger charge is 2.54. The molecule has 2 N–H and O–H groups in total. The van der Waals surface area contributed by atoms with E-state index >= 15 is 0 Å². The van der Waals surface area contributed by atoms with Crippen LogP contribution in [0.15, 0.2) is 27.7 Å². The molecule has 0 saturated carbocycles. The Morgan fingerprint density at radius 1 is 1.57 bits per heavy atom. The van der Waals surface area contributed by atoms with Crippen molar-refractivity contribution >= 4 is 27.8 Å². The quantitative estimate of drug-likeness (QED) is 0.852. The molecule has 1 saturated heterocycles. The summed E-state index contributed by atoms with van der Waals surface area (Å²) >= 11 is 3.36. The summed E-state index contributed by atoms with van der Waals surface area (Å²) in [5, 5.41) is 0. The van der Waals surface area contributed by atoms with Crippen molar-refractivity contribution in [1.82, 2.24) is 4.90 Å². The van der Waals surface area contributed by atoms with Crippen LogP contribution < -0.4 is 5.73 Å². The first-order valence-corrected chi connectivity index (χ1v) is 8.38. The van der Waals surface area contributed by atoms with Crippen LogP contribution in [0.1, 0.15) is 25.3 Å². The molecule has 0 aliphatic carbocycles. The summed E-state index contributed by atoms with van der Waals surface area (Å²) in [5.41, 5.74) is 5.16. The van der Waals surface area contributed by atoms with E-state index in [0.29, 0.717) is 12.0 Å². The van der Waals surface area contributed by atoms with Gasteiger partial charge in [0.05, 0.1) is 18.6 Å². The lowest BCUT2D eigenvalue weighted by molar-refractivity contribution is -0.145. The van der Waals surface area contributed by atoms with Crippen LogP contribution in [0.3, 0.4) is 0 Å². The number of fused-ring (bicyclic) bond motifs is 1. The fraction of sp³-hybridized carbons (Fsp3) is 0.500. The Labute approximate surface area is 142 Å². The molecule has 3 atom stereocenters. The van der Waals surface area contributed by atoms with E-state index in [9.17, 15) is 9.18 Å². The molecule has 2 aliphatic heterocycles. The van der Waals surface area contributed by atoms with Gasteiger partial charge in [-0.1, -0.05) is 22.9 Å². The molecule has 1 aromatic carbocycles. The number of hydrogen-bond donors (Lipinski definition) is 1. The normalized spacial score (nSPS) is 30.9. The van der Waals surface area contributed by atoms with Gasteiger partial charge in [0.25, 0.3) is 0 Å². The van der Waals surface area contributed by atoms with E-state index in [1.165, 1.54) is 11.0 Å². The van der Waals surface area contributed by atoms with Gasteiger partial charge in [-0.15, -0.1) is 0 Å². The van der Waals surface area contributed by atoms with Gasteiger partial charge in [-0.05, 0) is 31.0 Å². The van der Waals surface area contributed by atoms with Crippen molar-refractivity contribution in [3.05, 3.63) is 34.1 Å². The van der Waals surface area contributed by atoms with Crippen molar-refractivity contribution in [2.75, 3.05) is 13.7 Å². The van der Waals surface area contributed by atoms with Crippen LogP contribution in [0.4, 0.5) is 4.39 Å². The van der Waals surface area contributed by atoms with Crippen molar-refractivity contribution in [3.63, 3.8) is 0 Å². The third kappa shape index (κ3) is 2.55. The van der Waals surface area contributed by atoms with Crippen LogP contribution in [-0.4, -0.2) is 36.5 Å². The van der Waals surface area contributed by atoms with Gasteiger partial charge in [-0.3, -0.25) is 9.69 Å². The Balaban J connectivity index is 2.19. The monoisotopic (exact) mass is 383 g/mol. The predicted molar refractivity (Wildman–Crippen MR) is 88.3 cm³/mol. The van der Waals surface area contributed by atoms with E-state index in [1.807, 2.05) is 6.92 Å². The number of halogens is 2. The predicted octanol–water partition coefficient (Wildman–Crippen LogP) is 2.39. The second kappa shape index (κ2) is 5.87. The minimum atomic E-state index is -1.10. The second-order valence-corrected chi connectivity index (χ2v) is 6.96. The SMILES string of the molecule is CC[C@H]1C[C@H]2C(=O)N(C)C(N)=N[C@@]2(c2cc(Br)ccc2F)CO1. The lowest BCUT2D eigenvalue weighted by Gasteiger charge is -2.47. The molecule has 3 rings (SSSR count). The molecular weight excluding hydrogens is 365 g/mol. The molecule has 0 spiro atoms. The topological polar surface area (TPSA) is 67.9 Å². The van der Waals surface area contributed by atoms with E-state index in [4.69, 9.17) is 10.5 Å². The number of carbonyl (C=O) groups excluding carboxylic acids is 1. The smallest absolute Gasteiger partial charge is 0.235 e. The number of benzene rings is 1. The molecule has 0 aromatic heterocycles. The Morgan fingerprint density at radius 3 is 3.00 bits per heavy atom. The molecular formula is C16H19BrFN3O2. The third-order valence-corrected chi connectivity index (χ3v) is 5.24. The molecule has 1 amide bonds. The summed E-state index contributed by atoms with van der Waals surface area (Å²) in [7, 11) is 1.60. The Morgan fingerprint density at radius 2 is 2.30 bits per heavy atom. The van der Waals surface area contributed by atoms with E-state index in [0.717, 1.165) is 10.9 Å². The summed E-state index contributed by atoms with van der Waals surface area (Å²) in [4.78, 5) is 18.6. The van der Waals surface area contributed by atoms with Gasteiger partial charge in [-0.2, -0.15) is 0 Å². The summed E-state index contributed by atoms with van der Waals surface area (Å²) < 4.78 is 21.1. The number of amides is 1. The summed E-state index contributed by atoms with van der Waals surface area (Å²) in [5.74, 6) is -0.948. The molecule has 0 unspecified atom stereocenters. The van der Waals surface area contributed by atoms with E-state index in [-0.39, 0.29) is 24.6 Å². The maximum absolute atomic E-state index is 14.5. The summed E-state index contributed by atoms with van der Waals surface area (Å²) in [6.07, 6.45) is 1.27. The highest BCUT2D eigenvalue weighted by Crippen LogP contribution is 2.46. The zero-order chi connectivity index (χ0) is 16.8. The lowest BCUT2D eigenvalue weighted by Crippen LogP contribution is -2.59. The molecule has 2 heterocycles. The Kier molecular flexibility index (Phi) is 4.18. The largest absolute Gasteiger partial charge is 0.375 e. The zero-order valence-electron chi connectivity index (χ0n) is 13.1. The molecule has 0 radical (unpaired) electrons. The number of guanidine groups is 1. The molecule has 5 nitrogen and oxygen atoms in total. The van der Waals surface area contributed by atoms with Crippen LogP contribution in [0.2, 0.25) is 0 Å². The van der Waals surface area contributed by atoms with Crippen LogP contribution in [0.25, 0.3) is 0 Å². The minimum Gasteiger partial charge on any atom is -0.375 e. The van der Waals surface area contributed by atoms with Gasteiger partial charge in [-0.25, -0.2) is 9.38 Å². The number of ether oxygens (including phenoxy) is 1. The number of hydrogen-bond acceptors (Lipinski definition) is 4. The first-order valence-electron chi connectivity index (χ1n) is 7.59. The maximum atomic E-state index is 14.5. The van der Waals surface area contributed by atoms with E-state index in [1.54, 1.807) is 19.2 Å². The number of nitrogens with two attached hydrogens (primary N) is 1. The highest BCUT2D eigenvalue weighted by atomic mass is 79.9. The molecule has 124 valence electrons. The van der Waals surface area contributed by atoms with Crippen molar-refractivity contribution < 1.29 is 13.9 Å². The van der Waals surface area contributed by atoms with Crippen LogP contribution >= 0.6 is 15.9 Å². The number of aliphatic imine (C=N–C) groups is 1. The molecule has 1 aromatic rings. The molecule has 7 heteroatoms. The Bertz CT molecular complexity index is 681. The lowest BCUT2D eigenvalue weighted by atomic mass is 9.72.